The van der Waals surface area contributed by atoms with Gasteiger partial charge in [-0.2, -0.15) is 4.31 Å². The van der Waals surface area contributed by atoms with Gasteiger partial charge in [0, 0.05) is 30.0 Å². The smallest absolute Gasteiger partial charge is 0.257 e. The molecule has 0 aliphatic carbocycles. The molecule has 1 aromatic carbocycles. The van der Waals surface area contributed by atoms with E-state index in [0.29, 0.717) is 41.7 Å². The first-order valence-corrected chi connectivity index (χ1v) is 10.6. The molecule has 138 valence electrons. The Hall–Kier alpha value is -2.17. The van der Waals surface area contributed by atoms with Gasteiger partial charge in [-0.25, -0.2) is 13.4 Å². The molecule has 26 heavy (non-hydrogen) atoms. The first-order chi connectivity index (χ1) is 12.5. The van der Waals surface area contributed by atoms with E-state index in [1.54, 1.807) is 25.1 Å². The van der Waals surface area contributed by atoms with Gasteiger partial charge in [-0.05, 0) is 25.1 Å². The van der Waals surface area contributed by atoms with Gasteiger partial charge in [0.05, 0.1) is 11.4 Å². The fourth-order valence-corrected chi connectivity index (χ4v) is 5.01. The summed E-state index contributed by atoms with van der Waals surface area (Å²) >= 11 is 1.31. The lowest BCUT2D eigenvalue weighted by molar-refractivity contribution is 0.102. The lowest BCUT2D eigenvalue weighted by Gasteiger charge is -2.24. The molecule has 0 unspecified atom stereocenters. The summed E-state index contributed by atoms with van der Waals surface area (Å²) in [6.45, 7) is 2.51. The summed E-state index contributed by atoms with van der Waals surface area (Å²) in [4.78, 5) is 17.8. The average Bonchev–Trinajstić information content (AvgIpc) is 3.26. The molecule has 0 fully saturated rings. The molecular formula is C16H17N3O5S2. The highest BCUT2D eigenvalue weighted by Crippen LogP contribution is 2.33. The number of nitrogens with one attached hydrogen (secondary N) is 1. The number of amides is 1. The van der Waals surface area contributed by atoms with Crippen LogP contribution in [-0.4, -0.2) is 42.7 Å². The molecule has 1 N–H and O–H groups in total. The fourth-order valence-electron chi connectivity index (χ4n) is 2.85. The molecule has 2 aliphatic heterocycles. The van der Waals surface area contributed by atoms with Gasteiger partial charge < -0.3 is 9.47 Å². The van der Waals surface area contributed by atoms with Crippen LogP contribution in [0.15, 0.2) is 18.2 Å². The molecule has 4 rings (SSSR count). The van der Waals surface area contributed by atoms with E-state index >= 15 is 0 Å². The Labute approximate surface area is 154 Å². The lowest BCUT2D eigenvalue weighted by Crippen LogP contribution is -2.36. The number of rotatable bonds is 4. The molecule has 0 saturated heterocycles. The first-order valence-electron chi connectivity index (χ1n) is 8.13. The Morgan fingerprint density at radius 1 is 1.35 bits per heavy atom. The minimum absolute atomic E-state index is 0.0782. The zero-order chi connectivity index (χ0) is 18.3. The number of carbonyl (C=O) groups is 1. The highest BCUT2D eigenvalue weighted by molar-refractivity contribution is 7.89. The summed E-state index contributed by atoms with van der Waals surface area (Å²) in [5, 5.41) is 3.24. The second-order valence-electron chi connectivity index (χ2n) is 5.90. The molecule has 0 atom stereocenters. The Balaban J connectivity index is 1.49. The molecule has 3 heterocycles. The number of hydrogen-bond donors (Lipinski definition) is 1. The number of benzene rings is 1. The summed E-state index contributed by atoms with van der Waals surface area (Å²) in [5.41, 5.74) is 1.29. The zero-order valence-corrected chi connectivity index (χ0v) is 15.7. The number of fused-ring (bicyclic) bond motifs is 2. The summed E-state index contributed by atoms with van der Waals surface area (Å²) < 4.78 is 36.1. The van der Waals surface area contributed by atoms with E-state index in [0.717, 1.165) is 10.6 Å². The molecule has 1 amide bonds. The molecule has 0 spiro atoms. The minimum Gasteiger partial charge on any atom is -0.454 e. The van der Waals surface area contributed by atoms with Gasteiger partial charge >= 0.3 is 0 Å². The Morgan fingerprint density at radius 3 is 2.96 bits per heavy atom. The van der Waals surface area contributed by atoms with Gasteiger partial charge in [-0.1, -0.05) is 0 Å². The van der Waals surface area contributed by atoms with Crippen LogP contribution >= 0.6 is 11.3 Å². The maximum Gasteiger partial charge on any atom is 0.257 e. The van der Waals surface area contributed by atoms with Crippen LogP contribution in [0.4, 0.5) is 5.13 Å². The zero-order valence-electron chi connectivity index (χ0n) is 14.0. The van der Waals surface area contributed by atoms with Crippen molar-refractivity contribution in [1.82, 2.24) is 9.29 Å². The van der Waals surface area contributed by atoms with Gasteiger partial charge in [0.25, 0.3) is 5.91 Å². The summed E-state index contributed by atoms with van der Waals surface area (Å²) in [6, 6.07) is 4.98. The number of anilines is 1. The number of nitrogens with zero attached hydrogens (tertiary/aromatic N) is 2. The third-order valence-electron chi connectivity index (χ3n) is 4.31. The third kappa shape index (κ3) is 3.15. The Morgan fingerprint density at radius 2 is 2.15 bits per heavy atom. The van der Waals surface area contributed by atoms with Crippen molar-refractivity contribution in [1.29, 1.82) is 0 Å². The topological polar surface area (TPSA) is 97.8 Å². The van der Waals surface area contributed by atoms with E-state index in [4.69, 9.17) is 9.47 Å². The SMILES string of the molecule is CCS(=O)(=O)N1CCc2nc(NC(=O)c3ccc4c(c3)OCO4)sc2C1. The fraction of sp³-hybridized carbons (Fsp3) is 0.375. The van der Waals surface area contributed by atoms with Crippen molar-refractivity contribution in [3.8, 4) is 11.5 Å². The monoisotopic (exact) mass is 395 g/mol. The largest absolute Gasteiger partial charge is 0.454 e. The summed E-state index contributed by atoms with van der Waals surface area (Å²) in [7, 11) is -3.23. The normalized spacial score (nSPS) is 16.3. The molecule has 10 heteroatoms. The molecule has 2 aliphatic rings. The Bertz CT molecular complexity index is 970. The first kappa shape index (κ1) is 17.3. The standard InChI is InChI=1S/C16H17N3O5S2/c1-2-26(21,22)19-6-5-11-14(8-19)25-16(17-11)18-15(20)10-3-4-12-13(7-10)24-9-23-12/h3-4,7H,2,5-6,8-9H2,1H3,(H,17,18,20). The van der Waals surface area contributed by atoms with Crippen molar-refractivity contribution in [3.05, 3.63) is 34.3 Å². The van der Waals surface area contributed by atoms with Crippen LogP contribution in [0.3, 0.4) is 0 Å². The molecule has 8 nitrogen and oxygen atoms in total. The third-order valence-corrected chi connectivity index (χ3v) is 7.14. The van der Waals surface area contributed by atoms with Gasteiger partial charge in [0.15, 0.2) is 16.6 Å². The number of aromatic nitrogens is 1. The van der Waals surface area contributed by atoms with Crippen molar-refractivity contribution in [3.63, 3.8) is 0 Å². The highest BCUT2D eigenvalue weighted by Gasteiger charge is 2.28. The number of sulfonamides is 1. The van der Waals surface area contributed by atoms with Crippen LogP contribution < -0.4 is 14.8 Å². The summed E-state index contributed by atoms with van der Waals surface area (Å²) in [6.07, 6.45) is 0.547. The van der Waals surface area contributed by atoms with Crippen LogP contribution in [0.5, 0.6) is 11.5 Å². The molecular weight excluding hydrogens is 378 g/mol. The lowest BCUT2D eigenvalue weighted by atomic mass is 10.2. The van der Waals surface area contributed by atoms with E-state index in [-0.39, 0.29) is 18.5 Å². The van der Waals surface area contributed by atoms with Crippen molar-refractivity contribution < 1.29 is 22.7 Å². The van der Waals surface area contributed by atoms with Crippen molar-refractivity contribution in [2.45, 2.75) is 19.9 Å². The molecule has 2 aromatic rings. The minimum atomic E-state index is -3.23. The molecule has 0 radical (unpaired) electrons. The quantitative estimate of drug-likeness (QED) is 0.848. The number of ether oxygens (including phenoxy) is 2. The van der Waals surface area contributed by atoms with E-state index in [9.17, 15) is 13.2 Å². The van der Waals surface area contributed by atoms with E-state index in [1.165, 1.54) is 15.6 Å². The van der Waals surface area contributed by atoms with Gasteiger partial charge in [-0.15, -0.1) is 11.3 Å². The molecule has 1 aromatic heterocycles. The van der Waals surface area contributed by atoms with Crippen molar-refractivity contribution in [2.24, 2.45) is 0 Å². The predicted octanol–water partition coefficient (Wildman–Crippen LogP) is 1.83. The van der Waals surface area contributed by atoms with Crippen molar-refractivity contribution in [2.75, 3.05) is 24.4 Å². The van der Waals surface area contributed by atoms with E-state index < -0.39 is 10.0 Å². The highest BCUT2D eigenvalue weighted by atomic mass is 32.2. The average molecular weight is 395 g/mol. The van der Waals surface area contributed by atoms with Crippen LogP contribution in [0.25, 0.3) is 0 Å². The number of thiazole rings is 1. The molecule has 0 bridgehead atoms. The van der Waals surface area contributed by atoms with Crippen molar-refractivity contribution >= 4 is 32.4 Å². The van der Waals surface area contributed by atoms with Gasteiger partial charge in [0.2, 0.25) is 16.8 Å². The second-order valence-corrected chi connectivity index (χ2v) is 9.24. The van der Waals surface area contributed by atoms with Crippen LogP contribution in [0.1, 0.15) is 27.9 Å². The van der Waals surface area contributed by atoms with Crippen LogP contribution in [-0.2, 0) is 23.0 Å². The van der Waals surface area contributed by atoms with Crippen LogP contribution in [0, 0.1) is 0 Å². The second kappa shape index (κ2) is 6.53. The van der Waals surface area contributed by atoms with Crippen LogP contribution in [0.2, 0.25) is 0 Å². The number of hydrogen-bond acceptors (Lipinski definition) is 7. The molecule has 0 saturated carbocycles. The number of carbonyl (C=O) groups excluding carboxylic acids is 1. The van der Waals surface area contributed by atoms with Gasteiger partial charge in [0.1, 0.15) is 0 Å². The predicted molar refractivity (Wildman–Crippen MR) is 96.2 cm³/mol. The maximum absolute atomic E-state index is 12.4. The van der Waals surface area contributed by atoms with E-state index in [1.807, 2.05) is 0 Å². The maximum atomic E-state index is 12.4. The van der Waals surface area contributed by atoms with E-state index in [2.05, 4.69) is 10.3 Å². The summed E-state index contributed by atoms with van der Waals surface area (Å²) in [5.74, 6) is 0.932. The van der Waals surface area contributed by atoms with Gasteiger partial charge in [-0.3, -0.25) is 10.1 Å². The Kier molecular flexibility index (Phi) is 4.33.